The molecule has 82 valence electrons. The number of pyridine rings is 1. The van der Waals surface area contributed by atoms with Crippen LogP contribution in [0.3, 0.4) is 0 Å². The fraction of sp³-hybridized carbons (Fsp3) is 0.0833. The van der Waals surface area contributed by atoms with Crippen molar-refractivity contribution in [2.45, 2.75) is 6.61 Å². The van der Waals surface area contributed by atoms with E-state index in [1.54, 1.807) is 30.5 Å². The van der Waals surface area contributed by atoms with Crippen molar-refractivity contribution in [3.05, 3.63) is 58.3 Å². The first-order chi connectivity index (χ1) is 7.74. The van der Waals surface area contributed by atoms with Crippen molar-refractivity contribution in [3.8, 4) is 5.75 Å². The number of hydrogen-bond donors (Lipinski definition) is 0. The Kier molecular flexibility index (Phi) is 3.65. The standard InChI is InChI=1S/C12H9Cl2NO/c13-9-1-3-12(4-2-9)16-8-11-7-10(14)5-6-15-11/h1-7H,8H2. The first-order valence-corrected chi connectivity index (χ1v) is 5.48. The van der Waals surface area contributed by atoms with E-state index in [1.807, 2.05) is 12.1 Å². The molecule has 2 aromatic rings. The number of halogens is 2. The zero-order valence-corrected chi connectivity index (χ0v) is 9.87. The first kappa shape index (κ1) is 11.2. The van der Waals surface area contributed by atoms with Gasteiger partial charge in [-0.25, -0.2) is 0 Å². The molecule has 0 saturated carbocycles. The molecule has 0 radical (unpaired) electrons. The highest BCUT2D eigenvalue weighted by Gasteiger charge is 1.98. The van der Waals surface area contributed by atoms with Gasteiger partial charge in [0.15, 0.2) is 0 Å². The van der Waals surface area contributed by atoms with E-state index < -0.39 is 0 Å². The van der Waals surface area contributed by atoms with Crippen LogP contribution in [0.4, 0.5) is 0 Å². The van der Waals surface area contributed by atoms with Crippen LogP contribution in [0.15, 0.2) is 42.6 Å². The Balaban J connectivity index is 1.99. The second-order valence-corrected chi connectivity index (χ2v) is 4.08. The van der Waals surface area contributed by atoms with E-state index in [9.17, 15) is 0 Å². The molecule has 0 aliphatic heterocycles. The molecule has 0 unspecified atom stereocenters. The van der Waals surface area contributed by atoms with Gasteiger partial charge >= 0.3 is 0 Å². The minimum absolute atomic E-state index is 0.391. The normalized spacial score (nSPS) is 10.1. The van der Waals surface area contributed by atoms with Crippen LogP contribution in [-0.2, 0) is 6.61 Å². The second-order valence-electron chi connectivity index (χ2n) is 3.21. The lowest BCUT2D eigenvalue weighted by molar-refractivity contribution is 0.301. The van der Waals surface area contributed by atoms with Crippen molar-refractivity contribution < 1.29 is 4.74 Å². The molecule has 0 N–H and O–H groups in total. The van der Waals surface area contributed by atoms with Crippen molar-refractivity contribution in [1.29, 1.82) is 0 Å². The fourth-order valence-electron chi connectivity index (χ4n) is 1.22. The van der Waals surface area contributed by atoms with Crippen molar-refractivity contribution in [1.82, 2.24) is 4.98 Å². The number of aromatic nitrogens is 1. The zero-order chi connectivity index (χ0) is 11.4. The van der Waals surface area contributed by atoms with E-state index in [1.165, 1.54) is 0 Å². The summed E-state index contributed by atoms with van der Waals surface area (Å²) in [4.78, 5) is 4.14. The smallest absolute Gasteiger partial charge is 0.130 e. The summed E-state index contributed by atoms with van der Waals surface area (Å²) in [7, 11) is 0. The molecule has 1 aromatic heterocycles. The number of nitrogens with zero attached hydrogens (tertiary/aromatic N) is 1. The Labute approximate surface area is 104 Å². The Morgan fingerprint density at radius 1 is 1.00 bits per heavy atom. The summed E-state index contributed by atoms with van der Waals surface area (Å²) < 4.78 is 5.52. The second kappa shape index (κ2) is 5.19. The largest absolute Gasteiger partial charge is 0.487 e. The number of rotatable bonds is 3. The summed E-state index contributed by atoms with van der Waals surface area (Å²) in [6, 6.07) is 10.7. The van der Waals surface area contributed by atoms with E-state index in [0.717, 1.165) is 11.4 Å². The molecule has 4 heteroatoms. The predicted octanol–water partition coefficient (Wildman–Crippen LogP) is 3.97. The lowest BCUT2D eigenvalue weighted by atomic mass is 10.3. The molecule has 0 amide bonds. The average molecular weight is 254 g/mol. The van der Waals surface area contributed by atoms with Crippen LogP contribution in [0.5, 0.6) is 5.75 Å². The molecular weight excluding hydrogens is 245 g/mol. The minimum atomic E-state index is 0.391. The Hall–Kier alpha value is -1.25. The van der Waals surface area contributed by atoms with Gasteiger partial charge in [0.05, 0.1) is 5.69 Å². The summed E-state index contributed by atoms with van der Waals surface area (Å²) in [6.45, 7) is 0.391. The van der Waals surface area contributed by atoms with E-state index in [-0.39, 0.29) is 0 Å². The Morgan fingerprint density at radius 3 is 2.44 bits per heavy atom. The number of benzene rings is 1. The van der Waals surface area contributed by atoms with E-state index in [0.29, 0.717) is 16.7 Å². The van der Waals surface area contributed by atoms with Crippen LogP contribution in [0.1, 0.15) is 5.69 Å². The van der Waals surface area contributed by atoms with Crippen LogP contribution in [0.25, 0.3) is 0 Å². The molecule has 2 rings (SSSR count). The Bertz CT molecular complexity index is 471. The summed E-state index contributed by atoms with van der Waals surface area (Å²) in [5.74, 6) is 0.756. The fourth-order valence-corrected chi connectivity index (χ4v) is 1.52. The van der Waals surface area contributed by atoms with Gasteiger partial charge in [-0.3, -0.25) is 4.98 Å². The van der Waals surface area contributed by atoms with Crippen LogP contribution in [-0.4, -0.2) is 4.98 Å². The highest BCUT2D eigenvalue weighted by molar-refractivity contribution is 6.30. The molecule has 16 heavy (non-hydrogen) atoms. The van der Waals surface area contributed by atoms with Crippen molar-refractivity contribution >= 4 is 23.2 Å². The summed E-state index contributed by atoms with van der Waals surface area (Å²) in [6.07, 6.45) is 1.66. The van der Waals surface area contributed by atoms with Crippen molar-refractivity contribution in [2.24, 2.45) is 0 Å². The van der Waals surface area contributed by atoms with Gasteiger partial charge < -0.3 is 4.74 Å². The quantitative estimate of drug-likeness (QED) is 0.826. The third kappa shape index (κ3) is 3.12. The number of ether oxygens (including phenoxy) is 1. The molecule has 0 atom stereocenters. The number of hydrogen-bond acceptors (Lipinski definition) is 2. The predicted molar refractivity (Wildman–Crippen MR) is 65.0 cm³/mol. The maximum atomic E-state index is 5.83. The minimum Gasteiger partial charge on any atom is -0.487 e. The molecule has 0 aliphatic rings. The molecule has 1 aromatic carbocycles. The third-order valence-electron chi connectivity index (χ3n) is 1.98. The van der Waals surface area contributed by atoms with Crippen LogP contribution < -0.4 is 4.74 Å². The SMILES string of the molecule is Clc1ccc(OCc2cc(Cl)ccn2)cc1. The van der Waals surface area contributed by atoms with Gasteiger partial charge in [-0.1, -0.05) is 23.2 Å². The molecular formula is C12H9Cl2NO. The molecule has 0 bridgehead atoms. The molecule has 0 saturated heterocycles. The molecule has 0 spiro atoms. The lowest BCUT2D eigenvalue weighted by Crippen LogP contribution is -1.97. The van der Waals surface area contributed by atoms with Gasteiger partial charge in [-0.05, 0) is 36.4 Å². The highest BCUT2D eigenvalue weighted by Crippen LogP contribution is 2.17. The van der Waals surface area contributed by atoms with Crippen molar-refractivity contribution in [2.75, 3.05) is 0 Å². The lowest BCUT2D eigenvalue weighted by Gasteiger charge is -2.05. The third-order valence-corrected chi connectivity index (χ3v) is 2.47. The topological polar surface area (TPSA) is 22.1 Å². The van der Waals surface area contributed by atoms with Gasteiger partial charge in [0.2, 0.25) is 0 Å². The molecule has 0 fully saturated rings. The summed E-state index contributed by atoms with van der Waals surface area (Å²) in [5, 5.41) is 1.35. The summed E-state index contributed by atoms with van der Waals surface area (Å²) >= 11 is 11.6. The first-order valence-electron chi connectivity index (χ1n) is 4.73. The van der Waals surface area contributed by atoms with Gasteiger partial charge in [-0.2, -0.15) is 0 Å². The van der Waals surface area contributed by atoms with Gasteiger partial charge in [0, 0.05) is 16.2 Å². The maximum absolute atomic E-state index is 5.83. The van der Waals surface area contributed by atoms with Gasteiger partial charge in [0.25, 0.3) is 0 Å². The Morgan fingerprint density at radius 2 is 1.75 bits per heavy atom. The summed E-state index contributed by atoms with van der Waals surface area (Å²) in [5.41, 5.74) is 0.794. The highest BCUT2D eigenvalue weighted by atomic mass is 35.5. The van der Waals surface area contributed by atoms with Crippen LogP contribution in [0, 0.1) is 0 Å². The van der Waals surface area contributed by atoms with E-state index >= 15 is 0 Å². The van der Waals surface area contributed by atoms with Crippen molar-refractivity contribution in [3.63, 3.8) is 0 Å². The molecule has 0 aliphatic carbocycles. The maximum Gasteiger partial charge on any atom is 0.130 e. The van der Waals surface area contributed by atoms with E-state index in [4.69, 9.17) is 27.9 Å². The van der Waals surface area contributed by atoms with Gasteiger partial charge in [-0.15, -0.1) is 0 Å². The average Bonchev–Trinajstić information content (AvgIpc) is 2.28. The molecule has 1 heterocycles. The van der Waals surface area contributed by atoms with Crippen LogP contribution in [0.2, 0.25) is 10.0 Å². The van der Waals surface area contributed by atoms with E-state index in [2.05, 4.69) is 4.98 Å². The van der Waals surface area contributed by atoms with Gasteiger partial charge in [0.1, 0.15) is 12.4 Å². The molecule has 2 nitrogen and oxygen atoms in total. The zero-order valence-electron chi connectivity index (χ0n) is 8.36. The van der Waals surface area contributed by atoms with Crippen LogP contribution >= 0.6 is 23.2 Å². The monoisotopic (exact) mass is 253 g/mol.